The molecule has 2 heterocycles. The molecule has 15 atom stereocenters. The lowest BCUT2D eigenvalue weighted by Gasteiger charge is -2.42. The molecule has 3 rings (SSSR count). The number of hydrogen-bond acceptors (Lipinski definition) is 17. The summed E-state index contributed by atoms with van der Waals surface area (Å²) in [5.41, 5.74) is 0. The summed E-state index contributed by atoms with van der Waals surface area (Å²) in [6, 6.07) is -2.62. The van der Waals surface area contributed by atoms with Crippen LogP contribution < -0.4 is 16.0 Å². The Kier molecular flexibility index (Phi) is 20.4. The zero-order valence-corrected chi connectivity index (χ0v) is 30.0. The van der Waals surface area contributed by atoms with E-state index in [2.05, 4.69) is 16.0 Å². The molecule has 3 amide bonds. The van der Waals surface area contributed by atoms with Crippen molar-refractivity contribution in [3.63, 3.8) is 0 Å². The molecule has 3 aliphatic rings. The SMILES string of the molecule is CC(=O)NC1C(OC(C)C)OC(CO)C(O)C1O.CC(=O)NC1C(OC(C)C)OC(CO)C(O)C1O.CC(=O)N[C@H]1C(O)C[C@H](CO)[C@H](O)[C@@H]1O. The number of carbonyl (C=O) groups excluding carboxylic acids is 3. The molecule has 2 saturated heterocycles. The van der Waals surface area contributed by atoms with Crippen LogP contribution in [0.1, 0.15) is 54.9 Å². The standard InChI is InChI=1S/2C11H21NO6.C9H17NO5/c2*1-5(2)17-11-8(12-6(3)14)10(16)9(15)7(4-13)18-11;1-4(12)10-7-6(13)2-5(3-11)8(14)9(7)15/h2*5,7-11,13,15-16H,4H2,1-3H3,(H,12,14);5-9,11,13-15H,2-3H2,1H3,(H,10,12)/t;;5-,6?,7+,8+,9-/m..1/s1. The Morgan fingerprint density at radius 3 is 1.20 bits per heavy atom. The maximum absolute atomic E-state index is 11.1. The molecule has 300 valence electrons. The van der Waals surface area contributed by atoms with Crippen LogP contribution in [0.3, 0.4) is 0 Å². The number of aliphatic hydroxyl groups excluding tert-OH is 10. The molecule has 0 spiro atoms. The second-order valence-electron chi connectivity index (χ2n) is 13.2. The van der Waals surface area contributed by atoms with Crippen molar-refractivity contribution in [2.45, 2.75) is 153 Å². The first-order valence-electron chi connectivity index (χ1n) is 16.7. The minimum atomic E-state index is -1.28. The smallest absolute Gasteiger partial charge is 0.217 e. The van der Waals surface area contributed by atoms with Gasteiger partial charge in [0.05, 0.1) is 43.7 Å². The molecule has 51 heavy (non-hydrogen) atoms. The second kappa shape index (κ2) is 22.2. The van der Waals surface area contributed by atoms with Crippen molar-refractivity contribution < 1.29 is 84.4 Å². The lowest BCUT2D eigenvalue weighted by molar-refractivity contribution is -0.278. The molecular weight excluding hydrogens is 686 g/mol. The van der Waals surface area contributed by atoms with Crippen LogP contribution in [0, 0.1) is 5.92 Å². The van der Waals surface area contributed by atoms with Crippen molar-refractivity contribution in [1.82, 2.24) is 16.0 Å². The van der Waals surface area contributed by atoms with Gasteiger partial charge in [-0.3, -0.25) is 14.4 Å². The van der Waals surface area contributed by atoms with Crippen LogP contribution in [0.4, 0.5) is 0 Å². The van der Waals surface area contributed by atoms with Gasteiger partial charge >= 0.3 is 0 Å². The molecule has 1 saturated carbocycles. The van der Waals surface area contributed by atoms with Gasteiger partial charge in [-0.2, -0.15) is 0 Å². The van der Waals surface area contributed by atoms with Gasteiger partial charge in [0.25, 0.3) is 0 Å². The normalized spacial score (nSPS) is 38.1. The zero-order valence-electron chi connectivity index (χ0n) is 30.0. The van der Waals surface area contributed by atoms with Gasteiger partial charge < -0.3 is 86.0 Å². The minimum Gasteiger partial charge on any atom is -0.396 e. The van der Waals surface area contributed by atoms with E-state index in [1.165, 1.54) is 20.8 Å². The summed E-state index contributed by atoms with van der Waals surface area (Å²) in [5.74, 6) is -1.67. The first-order valence-corrected chi connectivity index (χ1v) is 16.7. The Morgan fingerprint density at radius 1 is 0.569 bits per heavy atom. The van der Waals surface area contributed by atoms with Crippen LogP contribution >= 0.6 is 0 Å². The number of aliphatic hydroxyl groups is 10. The van der Waals surface area contributed by atoms with E-state index in [4.69, 9.17) is 34.3 Å². The van der Waals surface area contributed by atoms with Crippen molar-refractivity contribution in [3.05, 3.63) is 0 Å². The summed E-state index contributed by atoms with van der Waals surface area (Å²) in [7, 11) is 0. The molecule has 1 aliphatic carbocycles. The van der Waals surface area contributed by atoms with E-state index >= 15 is 0 Å². The number of nitrogens with one attached hydrogen (secondary N) is 3. The van der Waals surface area contributed by atoms with Gasteiger partial charge in [-0.15, -0.1) is 0 Å². The third-order valence-electron chi connectivity index (χ3n) is 8.08. The van der Waals surface area contributed by atoms with Gasteiger partial charge in [0, 0.05) is 33.3 Å². The van der Waals surface area contributed by atoms with Crippen LogP contribution in [-0.2, 0) is 33.3 Å². The van der Waals surface area contributed by atoms with Crippen LogP contribution in [0.15, 0.2) is 0 Å². The maximum Gasteiger partial charge on any atom is 0.217 e. The summed E-state index contributed by atoms with van der Waals surface area (Å²) < 4.78 is 21.6. The zero-order chi connectivity index (χ0) is 39.3. The number of amides is 3. The van der Waals surface area contributed by atoms with Gasteiger partial charge in [0.15, 0.2) is 12.6 Å². The van der Waals surface area contributed by atoms with E-state index in [0.717, 1.165) is 0 Å². The number of ether oxygens (including phenoxy) is 4. The maximum atomic E-state index is 11.1. The average molecular weight is 746 g/mol. The lowest BCUT2D eigenvalue weighted by atomic mass is 9.80. The van der Waals surface area contributed by atoms with Crippen molar-refractivity contribution in [1.29, 1.82) is 0 Å². The summed E-state index contributed by atoms with van der Waals surface area (Å²) in [5, 5.41) is 102. The Balaban J connectivity index is 0.000000384. The Labute approximate surface area is 296 Å². The summed E-state index contributed by atoms with van der Waals surface area (Å²) in [6.45, 7) is 9.78. The highest BCUT2D eigenvalue weighted by Crippen LogP contribution is 2.26. The minimum absolute atomic E-state index is 0.152. The average Bonchev–Trinajstić information content (AvgIpc) is 3.04. The van der Waals surface area contributed by atoms with E-state index < -0.39 is 105 Å². The summed E-state index contributed by atoms with van der Waals surface area (Å²) in [6.07, 6.45) is -12.3. The Hall–Kier alpha value is -2.15. The molecular formula is C31H59N3O17. The summed E-state index contributed by atoms with van der Waals surface area (Å²) in [4.78, 5) is 33.0. The van der Waals surface area contributed by atoms with Gasteiger partial charge in [-0.05, 0) is 34.1 Å². The molecule has 0 radical (unpaired) electrons. The van der Waals surface area contributed by atoms with Crippen LogP contribution in [0.5, 0.6) is 0 Å². The van der Waals surface area contributed by atoms with Crippen molar-refractivity contribution in [2.75, 3.05) is 19.8 Å². The first kappa shape index (κ1) is 46.9. The highest BCUT2D eigenvalue weighted by molar-refractivity contribution is 5.74. The number of carbonyl (C=O) groups is 3. The Bertz CT molecular complexity index is 1000. The number of rotatable bonds is 10. The van der Waals surface area contributed by atoms with Crippen LogP contribution in [0.25, 0.3) is 0 Å². The molecule has 13 N–H and O–H groups in total. The monoisotopic (exact) mass is 745 g/mol. The van der Waals surface area contributed by atoms with E-state index in [-0.39, 0.29) is 43.0 Å². The highest BCUT2D eigenvalue weighted by atomic mass is 16.7. The first-order chi connectivity index (χ1) is 23.7. The second-order valence-corrected chi connectivity index (χ2v) is 13.2. The van der Waals surface area contributed by atoms with Crippen LogP contribution in [0.2, 0.25) is 0 Å². The highest BCUT2D eigenvalue weighted by Gasteiger charge is 2.47. The molecule has 11 unspecified atom stereocenters. The predicted molar refractivity (Wildman–Crippen MR) is 174 cm³/mol. The predicted octanol–water partition coefficient (Wildman–Crippen LogP) is -5.70. The fourth-order valence-corrected chi connectivity index (χ4v) is 5.62. The molecule has 20 nitrogen and oxygen atoms in total. The van der Waals surface area contributed by atoms with Crippen molar-refractivity contribution >= 4 is 17.7 Å². The van der Waals surface area contributed by atoms with Crippen molar-refractivity contribution in [2.24, 2.45) is 5.92 Å². The fourth-order valence-electron chi connectivity index (χ4n) is 5.62. The van der Waals surface area contributed by atoms with Gasteiger partial charge in [-0.25, -0.2) is 0 Å². The molecule has 0 aromatic heterocycles. The summed E-state index contributed by atoms with van der Waals surface area (Å²) >= 11 is 0. The molecule has 3 fully saturated rings. The van der Waals surface area contributed by atoms with Gasteiger partial charge in [0.1, 0.15) is 54.8 Å². The fraction of sp³-hybridized carbons (Fsp3) is 0.903. The third kappa shape index (κ3) is 14.3. The molecule has 0 bridgehead atoms. The van der Waals surface area contributed by atoms with Crippen LogP contribution in [-0.4, -0.2) is 186 Å². The van der Waals surface area contributed by atoms with Gasteiger partial charge in [0.2, 0.25) is 17.7 Å². The van der Waals surface area contributed by atoms with E-state index in [9.17, 15) is 50.1 Å². The topological polar surface area (TPSA) is 327 Å². The quantitative estimate of drug-likeness (QED) is 0.0991. The lowest BCUT2D eigenvalue weighted by Crippen LogP contribution is -2.64. The van der Waals surface area contributed by atoms with E-state index in [0.29, 0.717) is 0 Å². The van der Waals surface area contributed by atoms with E-state index in [1.807, 2.05) is 0 Å². The van der Waals surface area contributed by atoms with Gasteiger partial charge in [-0.1, -0.05) is 0 Å². The molecule has 0 aromatic rings. The van der Waals surface area contributed by atoms with Crippen molar-refractivity contribution in [3.8, 4) is 0 Å². The molecule has 20 heteroatoms. The molecule has 2 aliphatic heterocycles. The number of hydrogen-bond donors (Lipinski definition) is 13. The third-order valence-corrected chi connectivity index (χ3v) is 8.08. The van der Waals surface area contributed by atoms with E-state index in [1.54, 1.807) is 27.7 Å². The largest absolute Gasteiger partial charge is 0.396 e. The molecule has 0 aromatic carbocycles. The Morgan fingerprint density at radius 2 is 0.902 bits per heavy atom.